The zero-order valence-electron chi connectivity index (χ0n) is 8.59. The second-order valence-corrected chi connectivity index (χ2v) is 5.67. The van der Waals surface area contributed by atoms with E-state index in [0.717, 1.165) is 0 Å². The van der Waals surface area contributed by atoms with Crippen molar-refractivity contribution in [1.29, 1.82) is 0 Å². The van der Waals surface area contributed by atoms with E-state index in [4.69, 9.17) is 4.74 Å². The SMILES string of the molecule is CCCC1CSC(C(C)(C)C)O1. The summed E-state index contributed by atoms with van der Waals surface area (Å²) in [4.78, 5) is 0. The molecule has 0 aliphatic carbocycles. The molecule has 0 saturated carbocycles. The lowest BCUT2D eigenvalue weighted by Crippen LogP contribution is -2.24. The third-order valence-corrected chi connectivity index (χ3v) is 3.75. The topological polar surface area (TPSA) is 9.23 Å². The maximum Gasteiger partial charge on any atom is 0.108 e. The van der Waals surface area contributed by atoms with E-state index < -0.39 is 0 Å². The van der Waals surface area contributed by atoms with Gasteiger partial charge in [0, 0.05) is 5.75 Å². The second-order valence-electron chi connectivity index (χ2n) is 4.58. The highest BCUT2D eigenvalue weighted by Gasteiger charge is 2.33. The minimum atomic E-state index is 0.299. The summed E-state index contributed by atoms with van der Waals surface area (Å²) < 4.78 is 5.93. The molecular weight excluding hydrogens is 168 g/mol. The smallest absolute Gasteiger partial charge is 0.108 e. The molecule has 0 aromatic heterocycles. The number of thioether (sulfide) groups is 1. The highest BCUT2D eigenvalue weighted by Crippen LogP contribution is 2.38. The van der Waals surface area contributed by atoms with E-state index in [1.54, 1.807) is 0 Å². The predicted molar refractivity (Wildman–Crippen MR) is 55.5 cm³/mol. The molecule has 2 heteroatoms. The zero-order chi connectivity index (χ0) is 9.19. The first-order valence-electron chi connectivity index (χ1n) is 4.81. The summed E-state index contributed by atoms with van der Waals surface area (Å²) in [5.74, 6) is 1.19. The molecule has 2 atom stereocenters. The molecule has 1 rings (SSSR count). The van der Waals surface area contributed by atoms with Gasteiger partial charge in [-0.25, -0.2) is 0 Å². The van der Waals surface area contributed by atoms with E-state index in [9.17, 15) is 0 Å². The van der Waals surface area contributed by atoms with E-state index in [0.29, 0.717) is 17.0 Å². The zero-order valence-corrected chi connectivity index (χ0v) is 9.41. The maximum absolute atomic E-state index is 5.93. The van der Waals surface area contributed by atoms with Gasteiger partial charge < -0.3 is 4.74 Å². The van der Waals surface area contributed by atoms with Crippen LogP contribution in [0, 0.1) is 5.41 Å². The van der Waals surface area contributed by atoms with Crippen molar-refractivity contribution in [3.63, 3.8) is 0 Å². The van der Waals surface area contributed by atoms with Crippen molar-refractivity contribution in [2.75, 3.05) is 5.75 Å². The first kappa shape index (κ1) is 10.4. The Balaban J connectivity index is 2.35. The molecule has 1 nitrogen and oxygen atoms in total. The maximum atomic E-state index is 5.93. The third-order valence-electron chi connectivity index (χ3n) is 2.07. The largest absolute Gasteiger partial charge is 0.363 e. The second kappa shape index (κ2) is 4.01. The van der Waals surface area contributed by atoms with Crippen LogP contribution >= 0.6 is 11.8 Å². The van der Waals surface area contributed by atoms with Crippen LogP contribution in [0.5, 0.6) is 0 Å². The fourth-order valence-corrected chi connectivity index (χ4v) is 2.75. The van der Waals surface area contributed by atoms with Gasteiger partial charge in [-0.2, -0.15) is 0 Å². The van der Waals surface area contributed by atoms with Crippen LogP contribution in [0.1, 0.15) is 40.5 Å². The number of hydrogen-bond acceptors (Lipinski definition) is 2. The number of rotatable bonds is 2. The minimum absolute atomic E-state index is 0.299. The van der Waals surface area contributed by atoms with Crippen molar-refractivity contribution < 1.29 is 4.74 Å². The van der Waals surface area contributed by atoms with Gasteiger partial charge in [0.15, 0.2) is 0 Å². The lowest BCUT2D eigenvalue weighted by molar-refractivity contribution is 0.00836. The fourth-order valence-electron chi connectivity index (χ4n) is 1.38. The summed E-state index contributed by atoms with van der Waals surface area (Å²) >= 11 is 1.98. The van der Waals surface area contributed by atoms with Crippen LogP contribution in [0.4, 0.5) is 0 Å². The molecule has 0 N–H and O–H groups in total. The average Bonchev–Trinajstić information content (AvgIpc) is 2.35. The van der Waals surface area contributed by atoms with Crippen LogP contribution in [-0.2, 0) is 4.74 Å². The van der Waals surface area contributed by atoms with Gasteiger partial charge >= 0.3 is 0 Å². The predicted octanol–water partition coefficient (Wildman–Crippen LogP) is 3.29. The van der Waals surface area contributed by atoms with Gasteiger partial charge in [-0.3, -0.25) is 0 Å². The van der Waals surface area contributed by atoms with Crippen molar-refractivity contribution in [2.45, 2.75) is 52.1 Å². The summed E-state index contributed by atoms with van der Waals surface area (Å²) in [5, 5.41) is 0. The molecule has 1 saturated heterocycles. The molecule has 0 aromatic rings. The summed E-state index contributed by atoms with van der Waals surface area (Å²) in [6.45, 7) is 8.97. The molecule has 1 fully saturated rings. The number of ether oxygens (including phenoxy) is 1. The summed E-state index contributed by atoms with van der Waals surface area (Å²) in [6.07, 6.45) is 2.98. The Morgan fingerprint density at radius 1 is 1.42 bits per heavy atom. The average molecular weight is 188 g/mol. The van der Waals surface area contributed by atoms with E-state index in [1.165, 1.54) is 18.6 Å². The molecule has 1 aliphatic rings. The highest BCUT2D eigenvalue weighted by molar-refractivity contribution is 8.00. The van der Waals surface area contributed by atoms with Crippen molar-refractivity contribution in [2.24, 2.45) is 5.41 Å². The van der Waals surface area contributed by atoms with Gasteiger partial charge in [-0.05, 0) is 11.8 Å². The van der Waals surface area contributed by atoms with E-state index in [2.05, 4.69) is 27.7 Å². The van der Waals surface area contributed by atoms with Gasteiger partial charge in [-0.1, -0.05) is 34.1 Å². The first-order chi connectivity index (χ1) is 5.54. The van der Waals surface area contributed by atoms with Crippen molar-refractivity contribution >= 4 is 11.8 Å². The number of hydrogen-bond donors (Lipinski definition) is 0. The molecule has 0 aromatic carbocycles. The minimum Gasteiger partial charge on any atom is -0.363 e. The lowest BCUT2D eigenvalue weighted by atomic mass is 9.98. The molecule has 1 heterocycles. The van der Waals surface area contributed by atoms with E-state index >= 15 is 0 Å². The van der Waals surface area contributed by atoms with E-state index in [-0.39, 0.29) is 0 Å². The molecule has 0 bridgehead atoms. The molecule has 0 spiro atoms. The Labute approximate surface area is 80.3 Å². The van der Waals surface area contributed by atoms with Crippen LogP contribution in [0.2, 0.25) is 0 Å². The molecule has 1 aliphatic heterocycles. The summed E-state index contributed by atoms with van der Waals surface area (Å²) in [6, 6.07) is 0. The molecule has 72 valence electrons. The fraction of sp³-hybridized carbons (Fsp3) is 1.00. The Morgan fingerprint density at radius 2 is 2.08 bits per heavy atom. The summed E-state index contributed by atoms with van der Waals surface area (Å²) in [7, 11) is 0. The highest BCUT2D eigenvalue weighted by atomic mass is 32.2. The normalized spacial score (nSPS) is 31.0. The van der Waals surface area contributed by atoms with Gasteiger partial charge in [0.25, 0.3) is 0 Å². The molecule has 0 amide bonds. The van der Waals surface area contributed by atoms with Gasteiger partial charge in [0.05, 0.1) is 6.10 Å². The van der Waals surface area contributed by atoms with Gasteiger partial charge in [0.2, 0.25) is 0 Å². The van der Waals surface area contributed by atoms with Gasteiger partial charge in [0.1, 0.15) is 5.44 Å². The van der Waals surface area contributed by atoms with Crippen LogP contribution in [-0.4, -0.2) is 17.3 Å². The Kier molecular flexibility index (Phi) is 3.47. The lowest BCUT2D eigenvalue weighted by Gasteiger charge is -2.25. The Morgan fingerprint density at radius 3 is 2.50 bits per heavy atom. The Hall–Kier alpha value is 0.310. The molecular formula is C10H20OS. The monoisotopic (exact) mass is 188 g/mol. The van der Waals surface area contributed by atoms with Crippen LogP contribution in [0.15, 0.2) is 0 Å². The van der Waals surface area contributed by atoms with Crippen LogP contribution in [0.25, 0.3) is 0 Å². The first-order valence-corrected chi connectivity index (χ1v) is 5.86. The summed E-state index contributed by atoms with van der Waals surface area (Å²) in [5.41, 5.74) is 0.710. The van der Waals surface area contributed by atoms with Crippen molar-refractivity contribution in [1.82, 2.24) is 0 Å². The Bertz CT molecular complexity index is 139. The van der Waals surface area contributed by atoms with Crippen molar-refractivity contribution in [3.05, 3.63) is 0 Å². The van der Waals surface area contributed by atoms with Crippen LogP contribution in [0.3, 0.4) is 0 Å². The van der Waals surface area contributed by atoms with E-state index in [1.807, 2.05) is 11.8 Å². The third kappa shape index (κ3) is 2.67. The molecule has 12 heavy (non-hydrogen) atoms. The van der Waals surface area contributed by atoms with Crippen molar-refractivity contribution in [3.8, 4) is 0 Å². The standard InChI is InChI=1S/C10H20OS/c1-5-6-8-7-12-9(11-8)10(2,3)4/h8-9H,5-7H2,1-4H3. The van der Waals surface area contributed by atoms with Crippen LogP contribution < -0.4 is 0 Å². The molecule has 0 radical (unpaired) electrons. The quantitative estimate of drug-likeness (QED) is 0.657. The van der Waals surface area contributed by atoms with Gasteiger partial charge in [-0.15, -0.1) is 11.8 Å². The molecule has 2 unspecified atom stereocenters.